The molecule has 2 rings (SSSR count). The predicted octanol–water partition coefficient (Wildman–Crippen LogP) is 5.23. The monoisotopic (exact) mass is 474 g/mol. The maximum atomic E-state index is 12.1. The van der Waals surface area contributed by atoms with Gasteiger partial charge in [0.2, 0.25) is 0 Å². The molecule has 2 aromatic carbocycles. The maximum absolute atomic E-state index is 12.1. The van der Waals surface area contributed by atoms with Crippen LogP contribution in [-0.2, 0) is 31.8 Å². The Kier molecular flexibility index (Phi) is 13.3. The number of ether oxygens (including phenoxy) is 6. The molecule has 0 saturated heterocycles. The van der Waals surface area contributed by atoms with Crippen LogP contribution in [-0.4, -0.2) is 58.0 Å². The molecule has 2 atom stereocenters. The van der Waals surface area contributed by atoms with E-state index >= 15 is 0 Å². The molecule has 2 unspecified atom stereocenters. The molecule has 0 fully saturated rings. The summed E-state index contributed by atoms with van der Waals surface area (Å²) in [5.41, 5.74) is 2.19. The Morgan fingerprint density at radius 2 is 1.03 bits per heavy atom. The fourth-order valence-corrected chi connectivity index (χ4v) is 3.29. The van der Waals surface area contributed by atoms with Crippen molar-refractivity contribution in [1.82, 2.24) is 0 Å². The van der Waals surface area contributed by atoms with E-state index in [4.69, 9.17) is 28.4 Å². The largest absolute Gasteiger partial charge is 0.519 e. The average molecular weight is 475 g/mol. The van der Waals surface area contributed by atoms with Crippen molar-refractivity contribution < 1.29 is 33.2 Å². The first-order chi connectivity index (χ1) is 16.5. The highest BCUT2D eigenvalue weighted by molar-refractivity contribution is 5.67. The molecule has 188 valence electrons. The summed E-state index contributed by atoms with van der Waals surface area (Å²) in [6.45, 7) is 11.7. The van der Waals surface area contributed by atoms with Gasteiger partial charge in [0.15, 0.2) is 0 Å². The van der Waals surface area contributed by atoms with E-state index in [9.17, 15) is 4.79 Å². The van der Waals surface area contributed by atoms with Gasteiger partial charge >= 0.3 is 6.16 Å². The Labute approximate surface area is 203 Å². The van der Waals surface area contributed by atoms with Gasteiger partial charge in [-0.3, -0.25) is 0 Å². The molecular weight excluding hydrogens is 436 g/mol. The molecule has 7 heteroatoms. The van der Waals surface area contributed by atoms with Crippen molar-refractivity contribution in [3.05, 3.63) is 59.7 Å². The van der Waals surface area contributed by atoms with Crippen LogP contribution >= 0.6 is 0 Å². The number of rotatable bonds is 16. The van der Waals surface area contributed by atoms with E-state index in [1.807, 2.05) is 52.0 Å². The zero-order chi connectivity index (χ0) is 24.6. The van der Waals surface area contributed by atoms with Gasteiger partial charge in [-0.15, -0.1) is 0 Å². The first kappa shape index (κ1) is 27.8. The fourth-order valence-electron chi connectivity index (χ4n) is 3.29. The summed E-state index contributed by atoms with van der Waals surface area (Å²) < 4.78 is 32.6. The Hall–Kier alpha value is -2.45. The van der Waals surface area contributed by atoms with E-state index in [-0.39, 0.29) is 12.2 Å². The van der Waals surface area contributed by atoms with Crippen LogP contribution in [0.3, 0.4) is 0 Å². The van der Waals surface area contributed by atoms with E-state index in [2.05, 4.69) is 0 Å². The summed E-state index contributed by atoms with van der Waals surface area (Å²) in [6.07, 6.45) is 0.897. The number of hydrogen-bond acceptors (Lipinski definition) is 7. The van der Waals surface area contributed by atoms with Crippen molar-refractivity contribution in [3.8, 4) is 11.5 Å². The Morgan fingerprint density at radius 1 is 0.647 bits per heavy atom. The minimum absolute atomic E-state index is 0.0739. The van der Waals surface area contributed by atoms with Gasteiger partial charge in [0, 0.05) is 13.2 Å². The summed E-state index contributed by atoms with van der Waals surface area (Å²) in [5, 5.41) is 0. The van der Waals surface area contributed by atoms with Gasteiger partial charge in [-0.1, -0.05) is 24.3 Å². The lowest BCUT2D eigenvalue weighted by atomic mass is 10.1. The van der Waals surface area contributed by atoms with Gasteiger partial charge in [-0.2, -0.15) is 0 Å². The summed E-state index contributed by atoms with van der Waals surface area (Å²) in [4.78, 5) is 12.1. The Morgan fingerprint density at radius 3 is 1.38 bits per heavy atom. The molecule has 0 spiro atoms. The highest BCUT2D eigenvalue weighted by Gasteiger charge is 2.10. The molecule has 0 amide bonds. The lowest BCUT2D eigenvalue weighted by Crippen LogP contribution is -2.16. The van der Waals surface area contributed by atoms with Gasteiger partial charge in [-0.05, 0) is 75.9 Å². The Balaban J connectivity index is 1.72. The third-order valence-corrected chi connectivity index (χ3v) is 4.96. The van der Waals surface area contributed by atoms with Crippen molar-refractivity contribution in [2.45, 2.75) is 52.7 Å². The molecule has 0 heterocycles. The van der Waals surface area contributed by atoms with Crippen molar-refractivity contribution in [1.29, 1.82) is 0 Å². The maximum Gasteiger partial charge on any atom is 0.519 e. The zero-order valence-electron chi connectivity index (χ0n) is 20.8. The average Bonchev–Trinajstić information content (AvgIpc) is 2.82. The van der Waals surface area contributed by atoms with Crippen LogP contribution in [0.15, 0.2) is 48.5 Å². The van der Waals surface area contributed by atoms with Crippen LogP contribution in [0.25, 0.3) is 0 Å². The standard InChI is InChI=1S/C27H38O7/c1-5-29-15-17-31-21(3)19-23-7-11-25(12-8-23)33-27(28)34-26-13-9-24(10-14-26)20-22(4)32-18-16-30-6-2/h7-14,21-22H,5-6,15-20H2,1-4H3. The molecule has 0 aliphatic carbocycles. The van der Waals surface area contributed by atoms with Gasteiger partial charge in [0.1, 0.15) is 11.5 Å². The van der Waals surface area contributed by atoms with Crippen LogP contribution in [0.4, 0.5) is 4.79 Å². The summed E-state index contributed by atoms with van der Waals surface area (Å²) in [7, 11) is 0. The number of hydrogen-bond donors (Lipinski definition) is 0. The normalized spacial score (nSPS) is 12.8. The number of carbonyl (C=O) groups excluding carboxylic acids is 1. The minimum atomic E-state index is -0.777. The van der Waals surface area contributed by atoms with Crippen LogP contribution in [0.5, 0.6) is 11.5 Å². The third-order valence-electron chi connectivity index (χ3n) is 4.96. The van der Waals surface area contributed by atoms with Crippen LogP contribution in [0, 0.1) is 0 Å². The van der Waals surface area contributed by atoms with E-state index < -0.39 is 6.16 Å². The van der Waals surface area contributed by atoms with Gasteiger partial charge in [-0.25, -0.2) is 4.79 Å². The van der Waals surface area contributed by atoms with Gasteiger partial charge in [0.05, 0.1) is 38.6 Å². The molecule has 2 aromatic rings. The van der Waals surface area contributed by atoms with Gasteiger partial charge < -0.3 is 28.4 Å². The highest BCUT2D eigenvalue weighted by atomic mass is 16.7. The predicted molar refractivity (Wildman–Crippen MR) is 131 cm³/mol. The molecule has 34 heavy (non-hydrogen) atoms. The molecule has 0 aromatic heterocycles. The molecule has 0 radical (unpaired) electrons. The first-order valence-electron chi connectivity index (χ1n) is 12.0. The second-order valence-corrected chi connectivity index (χ2v) is 7.91. The van der Waals surface area contributed by atoms with Gasteiger partial charge in [0.25, 0.3) is 0 Å². The van der Waals surface area contributed by atoms with Crippen LogP contribution in [0.2, 0.25) is 0 Å². The van der Waals surface area contributed by atoms with E-state index in [0.29, 0.717) is 51.1 Å². The smallest absolute Gasteiger partial charge is 0.395 e. The van der Waals surface area contributed by atoms with Crippen LogP contribution < -0.4 is 9.47 Å². The minimum Gasteiger partial charge on any atom is -0.395 e. The summed E-state index contributed by atoms with van der Waals surface area (Å²) in [6, 6.07) is 14.7. The van der Waals surface area contributed by atoms with E-state index in [1.165, 1.54) is 0 Å². The first-order valence-corrected chi connectivity index (χ1v) is 12.0. The van der Waals surface area contributed by atoms with Crippen molar-refractivity contribution in [2.24, 2.45) is 0 Å². The Bertz CT molecular complexity index is 737. The number of carbonyl (C=O) groups is 1. The fraction of sp³-hybridized carbons (Fsp3) is 0.519. The van der Waals surface area contributed by atoms with Crippen LogP contribution in [0.1, 0.15) is 38.8 Å². The molecule has 0 aliphatic heterocycles. The zero-order valence-corrected chi connectivity index (χ0v) is 20.8. The second-order valence-electron chi connectivity index (χ2n) is 7.91. The van der Waals surface area contributed by atoms with E-state index in [1.54, 1.807) is 24.3 Å². The SMILES string of the molecule is CCOCCOC(C)Cc1ccc(OC(=O)Oc2ccc(CC(C)OCCOCC)cc2)cc1. The quantitative estimate of drug-likeness (QED) is 0.187. The second kappa shape index (κ2) is 16.2. The lowest BCUT2D eigenvalue weighted by Gasteiger charge is -2.14. The molecular formula is C27H38O7. The summed E-state index contributed by atoms with van der Waals surface area (Å²) in [5.74, 6) is 0.849. The lowest BCUT2D eigenvalue weighted by molar-refractivity contribution is 0.0157. The van der Waals surface area contributed by atoms with Crippen molar-refractivity contribution in [2.75, 3.05) is 39.6 Å². The molecule has 0 N–H and O–H groups in total. The highest BCUT2D eigenvalue weighted by Crippen LogP contribution is 2.18. The molecule has 0 bridgehead atoms. The third kappa shape index (κ3) is 11.6. The molecule has 0 saturated carbocycles. The van der Waals surface area contributed by atoms with Crippen molar-refractivity contribution >= 4 is 6.16 Å². The number of benzene rings is 2. The van der Waals surface area contributed by atoms with E-state index in [0.717, 1.165) is 24.0 Å². The molecule has 7 nitrogen and oxygen atoms in total. The topological polar surface area (TPSA) is 72.5 Å². The molecule has 0 aliphatic rings. The summed E-state index contributed by atoms with van der Waals surface area (Å²) >= 11 is 0. The van der Waals surface area contributed by atoms with Crippen molar-refractivity contribution in [3.63, 3.8) is 0 Å².